The third-order valence-corrected chi connectivity index (χ3v) is 5.22. The highest BCUT2D eigenvalue weighted by atomic mass is 32.1. The largest absolute Gasteiger partial charge is 0.307 e. The predicted molar refractivity (Wildman–Crippen MR) is 92.9 cm³/mol. The Labute approximate surface area is 134 Å². The van der Waals surface area contributed by atoms with Crippen molar-refractivity contribution in [3.05, 3.63) is 21.9 Å². The Hall–Kier alpha value is -0.420. The van der Waals surface area contributed by atoms with Gasteiger partial charge in [-0.25, -0.2) is 0 Å². The lowest BCUT2D eigenvalue weighted by Crippen LogP contribution is -2.51. The van der Waals surface area contributed by atoms with E-state index in [-0.39, 0.29) is 5.54 Å². The number of piperazine rings is 1. The van der Waals surface area contributed by atoms with Crippen molar-refractivity contribution in [3.8, 4) is 0 Å². The molecule has 1 unspecified atom stereocenters. The summed E-state index contributed by atoms with van der Waals surface area (Å²) in [6, 6.07) is 5.27. The third-order valence-electron chi connectivity index (χ3n) is 4.15. The molecule has 1 saturated heterocycles. The first-order chi connectivity index (χ1) is 9.87. The first-order valence-corrected chi connectivity index (χ1v) is 8.98. The molecule has 1 aromatic heterocycles. The second-order valence-corrected chi connectivity index (χ2v) is 8.44. The molecule has 0 aliphatic carbocycles. The van der Waals surface area contributed by atoms with Gasteiger partial charge in [0.1, 0.15) is 0 Å². The van der Waals surface area contributed by atoms with Crippen LogP contribution in [0.5, 0.6) is 0 Å². The topological polar surface area (TPSA) is 18.5 Å². The molecule has 2 heterocycles. The normalized spacial score (nSPS) is 21.9. The van der Waals surface area contributed by atoms with E-state index in [1.54, 1.807) is 0 Å². The van der Waals surface area contributed by atoms with Crippen LogP contribution in [0.25, 0.3) is 0 Å². The van der Waals surface area contributed by atoms with E-state index in [0.29, 0.717) is 6.04 Å². The SMILES string of the molecule is CCN1CCN(Cc2ccc(CNC(C)(C)C)s2)CC1C. The fourth-order valence-electron chi connectivity index (χ4n) is 2.86. The quantitative estimate of drug-likeness (QED) is 0.901. The molecule has 1 aliphatic heterocycles. The lowest BCUT2D eigenvalue weighted by Gasteiger charge is -2.39. The van der Waals surface area contributed by atoms with Crippen LogP contribution in [0.1, 0.15) is 44.4 Å². The Morgan fingerprint density at radius 3 is 2.57 bits per heavy atom. The molecule has 0 aromatic carbocycles. The minimum atomic E-state index is 0.191. The minimum Gasteiger partial charge on any atom is -0.307 e. The Balaban J connectivity index is 1.83. The molecule has 0 radical (unpaired) electrons. The molecule has 120 valence electrons. The lowest BCUT2D eigenvalue weighted by molar-refractivity contribution is 0.0841. The Bertz CT molecular complexity index is 435. The molecule has 2 rings (SSSR count). The van der Waals surface area contributed by atoms with Gasteiger partial charge < -0.3 is 5.32 Å². The maximum Gasteiger partial charge on any atom is 0.0329 e. The van der Waals surface area contributed by atoms with E-state index in [1.165, 1.54) is 35.9 Å². The number of nitrogens with zero attached hydrogens (tertiary/aromatic N) is 2. The van der Waals surface area contributed by atoms with Crippen LogP contribution in [0.4, 0.5) is 0 Å². The average Bonchev–Trinajstić information content (AvgIpc) is 2.83. The van der Waals surface area contributed by atoms with Crippen molar-refractivity contribution < 1.29 is 0 Å². The highest BCUT2D eigenvalue weighted by Crippen LogP contribution is 2.20. The fraction of sp³-hybridized carbons (Fsp3) is 0.765. The smallest absolute Gasteiger partial charge is 0.0329 e. The van der Waals surface area contributed by atoms with Gasteiger partial charge >= 0.3 is 0 Å². The molecule has 4 heteroatoms. The molecule has 0 bridgehead atoms. The molecule has 21 heavy (non-hydrogen) atoms. The molecule has 1 N–H and O–H groups in total. The number of hydrogen-bond donors (Lipinski definition) is 1. The fourth-order valence-corrected chi connectivity index (χ4v) is 3.86. The summed E-state index contributed by atoms with van der Waals surface area (Å²) < 4.78 is 0. The van der Waals surface area contributed by atoms with Crippen LogP contribution >= 0.6 is 11.3 Å². The van der Waals surface area contributed by atoms with Gasteiger partial charge in [0.05, 0.1) is 0 Å². The number of nitrogens with one attached hydrogen (secondary N) is 1. The molecule has 1 atom stereocenters. The van der Waals surface area contributed by atoms with E-state index in [9.17, 15) is 0 Å². The van der Waals surface area contributed by atoms with Crippen LogP contribution < -0.4 is 5.32 Å². The second-order valence-electron chi connectivity index (χ2n) is 7.18. The zero-order valence-corrected chi connectivity index (χ0v) is 15.1. The van der Waals surface area contributed by atoms with Gasteiger partial charge in [0, 0.05) is 54.1 Å². The zero-order valence-electron chi connectivity index (χ0n) is 14.3. The van der Waals surface area contributed by atoms with Gasteiger partial charge in [-0.05, 0) is 46.4 Å². The number of hydrogen-bond acceptors (Lipinski definition) is 4. The summed E-state index contributed by atoms with van der Waals surface area (Å²) in [6.07, 6.45) is 0. The van der Waals surface area contributed by atoms with Gasteiger partial charge in [-0.3, -0.25) is 9.80 Å². The lowest BCUT2D eigenvalue weighted by atomic mass is 10.1. The summed E-state index contributed by atoms with van der Waals surface area (Å²) >= 11 is 1.96. The van der Waals surface area contributed by atoms with Crippen molar-refractivity contribution in [2.45, 2.75) is 59.3 Å². The van der Waals surface area contributed by atoms with Gasteiger partial charge in [-0.15, -0.1) is 11.3 Å². The summed E-state index contributed by atoms with van der Waals surface area (Å²) in [6.45, 7) is 18.1. The first-order valence-electron chi connectivity index (χ1n) is 8.16. The average molecular weight is 310 g/mol. The molecule has 0 amide bonds. The molecule has 0 saturated carbocycles. The van der Waals surface area contributed by atoms with Crippen LogP contribution in [0.3, 0.4) is 0 Å². The van der Waals surface area contributed by atoms with E-state index in [1.807, 2.05) is 11.3 Å². The Morgan fingerprint density at radius 2 is 1.95 bits per heavy atom. The van der Waals surface area contributed by atoms with Crippen molar-refractivity contribution in [2.24, 2.45) is 0 Å². The molecular formula is C17H31N3S. The van der Waals surface area contributed by atoms with Crippen LogP contribution in [0, 0.1) is 0 Å². The van der Waals surface area contributed by atoms with Crippen LogP contribution in [-0.2, 0) is 13.1 Å². The Kier molecular flexibility index (Phi) is 5.83. The number of rotatable bonds is 5. The van der Waals surface area contributed by atoms with E-state index in [4.69, 9.17) is 0 Å². The van der Waals surface area contributed by atoms with E-state index in [0.717, 1.165) is 13.1 Å². The maximum absolute atomic E-state index is 3.57. The third kappa shape index (κ3) is 5.37. The van der Waals surface area contributed by atoms with Crippen molar-refractivity contribution >= 4 is 11.3 Å². The highest BCUT2D eigenvalue weighted by molar-refractivity contribution is 7.11. The van der Waals surface area contributed by atoms with Gasteiger partial charge in [0.25, 0.3) is 0 Å². The summed E-state index contributed by atoms with van der Waals surface area (Å²) in [7, 11) is 0. The van der Waals surface area contributed by atoms with Gasteiger partial charge in [0.2, 0.25) is 0 Å². The second kappa shape index (κ2) is 7.23. The van der Waals surface area contributed by atoms with E-state index < -0.39 is 0 Å². The summed E-state index contributed by atoms with van der Waals surface area (Å²) in [5.41, 5.74) is 0.191. The number of thiophene rings is 1. The van der Waals surface area contributed by atoms with Crippen LogP contribution in [0.2, 0.25) is 0 Å². The predicted octanol–water partition coefficient (Wildman–Crippen LogP) is 3.16. The maximum atomic E-state index is 3.57. The van der Waals surface area contributed by atoms with Crippen LogP contribution in [-0.4, -0.2) is 47.6 Å². The van der Waals surface area contributed by atoms with Crippen molar-refractivity contribution in [3.63, 3.8) is 0 Å². The summed E-state index contributed by atoms with van der Waals surface area (Å²) in [4.78, 5) is 8.12. The van der Waals surface area contributed by atoms with Gasteiger partial charge in [-0.2, -0.15) is 0 Å². The summed E-state index contributed by atoms with van der Waals surface area (Å²) in [5, 5.41) is 3.57. The number of likely N-dealkylation sites (N-methyl/N-ethyl adjacent to an activating group) is 1. The van der Waals surface area contributed by atoms with Crippen molar-refractivity contribution in [2.75, 3.05) is 26.2 Å². The molecule has 1 aliphatic rings. The monoisotopic (exact) mass is 309 g/mol. The zero-order chi connectivity index (χ0) is 15.5. The van der Waals surface area contributed by atoms with E-state index in [2.05, 4.69) is 61.9 Å². The first kappa shape index (κ1) is 16.9. The molecule has 3 nitrogen and oxygen atoms in total. The van der Waals surface area contributed by atoms with Crippen LogP contribution in [0.15, 0.2) is 12.1 Å². The van der Waals surface area contributed by atoms with Crippen molar-refractivity contribution in [1.82, 2.24) is 15.1 Å². The standard InChI is InChI=1S/C17H31N3S/c1-6-20-10-9-19(12-14(20)2)13-16-8-7-15(21-16)11-18-17(3,4)5/h7-8,14,18H,6,9-13H2,1-5H3. The minimum absolute atomic E-state index is 0.191. The summed E-state index contributed by atoms with van der Waals surface area (Å²) in [5.74, 6) is 0. The molecular weight excluding hydrogens is 278 g/mol. The molecule has 0 spiro atoms. The Morgan fingerprint density at radius 1 is 1.24 bits per heavy atom. The molecule has 1 fully saturated rings. The van der Waals surface area contributed by atoms with Gasteiger partial charge in [0.15, 0.2) is 0 Å². The molecule has 1 aromatic rings. The highest BCUT2D eigenvalue weighted by Gasteiger charge is 2.22. The van der Waals surface area contributed by atoms with Gasteiger partial charge in [-0.1, -0.05) is 6.92 Å². The van der Waals surface area contributed by atoms with E-state index >= 15 is 0 Å². The van der Waals surface area contributed by atoms with Crippen molar-refractivity contribution in [1.29, 1.82) is 0 Å².